The average molecular weight is 211 g/mol. The van der Waals surface area contributed by atoms with Crippen molar-refractivity contribution >= 4 is 0 Å². The summed E-state index contributed by atoms with van der Waals surface area (Å²) in [5.41, 5.74) is 0. The first-order valence-corrected chi connectivity index (χ1v) is 6.39. The highest BCUT2D eigenvalue weighted by atomic mass is 16.3. The van der Waals surface area contributed by atoms with Gasteiger partial charge in [-0.3, -0.25) is 0 Å². The summed E-state index contributed by atoms with van der Waals surface area (Å²) in [6.45, 7) is 5.32. The molecule has 0 aliphatic carbocycles. The van der Waals surface area contributed by atoms with Gasteiger partial charge in [0.25, 0.3) is 0 Å². The first-order valence-electron chi connectivity index (χ1n) is 6.39. The Labute approximate surface area is 92.6 Å². The molecule has 1 radical (unpaired) electrons. The molecule has 3 atom stereocenters. The van der Waals surface area contributed by atoms with Crippen molar-refractivity contribution in [3.05, 3.63) is 0 Å². The third-order valence-corrected chi connectivity index (χ3v) is 4.10. The minimum atomic E-state index is -0.359. The van der Waals surface area contributed by atoms with E-state index >= 15 is 0 Å². The maximum atomic E-state index is 12.3. The van der Waals surface area contributed by atoms with Crippen LogP contribution >= 0.6 is 0 Å². The molecule has 2 rings (SSSR count). The molecule has 2 heterocycles. The molecule has 0 saturated carbocycles. The minimum absolute atomic E-state index is 0.301. The van der Waals surface area contributed by atoms with Gasteiger partial charge in [-0.2, -0.15) is 0 Å². The average Bonchev–Trinajstić information content (AvgIpc) is 2.82. The Balaban J connectivity index is 1.84. The van der Waals surface area contributed by atoms with E-state index in [1.54, 1.807) is 0 Å². The lowest BCUT2D eigenvalue weighted by Crippen LogP contribution is -2.42. The van der Waals surface area contributed by atoms with Crippen LogP contribution in [0.1, 0.15) is 32.6 Å². The summed E-state index contributed by atoms with van der Waals surface area (Å²) in [4.78, 5) is 0. The van der Waals surface area contributed by atoms with E-state index in [2.05, 4.69) is 17.6 Å². The quantitative estimate of drug-likeness (QED) is 0.736. The number of piperidine rings is 1. The fourth-order valence-electron chi connectivity index (χ4n) is 2.99. The SMILES string of the molecule is CC(C1CCCN1)C([O])C1CCNCC1. The van der Waals surface area contributed by atoms with E-state index in [0.29, 0.717) is 17.9 Å². The molecule has 2 fully saturated rings. The van der Waals surface area contributed by atoms with E-state index in [9.17, 15) is 5.11 Å². The zero-order valence-corrected chi connectivity index (χ0v) is 9.67. The van der Waals surface area contributed by atoms with Crippen molar-refractivity contribution in [1.29, 1.82) is 0 Å². The zero-order chi connectivity index (χ0) is 10.7. The molecule has 3 unspecified atom stereocenters. The Kier molecular flexibility index (Phi) is 4.00. The molecule has 2 saturated heterocycles. The van der Waals surface area contributed by atoms with Gasteiger partial charge in [-0.15, -0.1) is 0 Å². The Morgan fingerprint density at radius 2 is 1.87 bits per heavy atom. The fourth-order valence-corrected chi connectivity index (χ4v) is 2.99. The van der Waals surface area contributed by atoms with Gasteiger partial charge in [-0.25, -0.2) is 5.11 Å². The zero-order valence-electron chi connectivity index (χ0n) is 9.67. The van der Waals surface area contributed by atoms with E-state index in [4.69, 9.17) is 0 Å². The lowest BCUT2D eigenvalue weighted by Gasteiger charge is -2.32. The molecule has 0 amide bonds. The number of nitrogens with one attached hydrogen (secondary N) is 2. The van der Waals surface area contributed by atoms with Crippen molar-refractivity contribution in [1.82, 2.24) is 10.6 Å². The molecule has 15 heavy (non-hydrogen) atoms. The third kappa shape index (κ3) is 2.71. The standard InChI is InChI=1S/C12H23N2O/c1-9(11-3-2-6-14-11)12(15)10-4-7-13-8-5-10/h9-14H,2-8H2,1H3. The molecule has 2 aliphatic rings. The van der Waals surface area contributed by atoms with Gasteiger partial charge in [0.15, 0.2) is 0 Å². The minimum Gasteiger partial charge on any atom is -0.317 e. The smallest absolute Gasteiger partial charge is 0.0999 e. The predicted molar refractivity (Wildman–Crippen MR) is 60.3 cm³/mol. The van der Waals surface area contributed by atoms with Gasteiger partial charge in [-0.05, 0) is 51.2 Å². The Hall–Kier alpha value is -0.120. The van der Waals surface area contributed by atoms with E-state index in [0.717, 1.165) is 32.5 Å². The number of rotatable bonds is 3. The van der Waals surface area contributed by atoms with Crippen LogP contribution in [-0.2, 0) is 5.11 Å². The van der Waals surface area contributed by atoms with Crippen LogP contribution in [0.2, 0.25) is 0 Å². The fraction of sp³-hybridized carbons (Fsp3) is 1.00. The van der Waals surface area contributed by atoms with Crippen LogP contribution in [0.3, 0.4) is 0 Å². The van der Waals surface area contributed by atoms with E-state index in [-0.39, 0.29) is 6.10 Å². The summed E-state index contributed by atoms with van der Waals surface area (Å²) in [6, 6.07) is 0.488. The maximum Gasteiger partial charge on any atom is 0.0999 e. The second-order valence-corrected chi connectivity index (χ2v) is 5.11. The molecular formula is C12H23N2O. The van der Waals surface area contributed by atoms with Crippen molar-refractivity contribution in [2.24, 2.45) is 11.8 Å². The predicted octanol–water partition coefficient (Wildman–Crippen LogP) is 1.17. The second-order valence-electron chi connectivity index (χ2n) is 5.11. The first-order chi connectivity index (χ1) is 7.29. The lowest BCUT2D eigenvalue weighted by atomic mass is 9.82. The summed E-state index contributed by atoms with van der Waals surface area (Å²) < 4.78 is 0. The number of hydrogen-bond acceptors (Lipinski definition) is 2. The Morgan fingerprint density at radius 1 is 1.13 bits per heavy atom. The molecular weight excluding hydrogens is 188 g/mol. The first kappa shape index (κ1) is 11.4. The molecule has 2 N–H and O–H groups in total. The molecule has 0 aromatic heterocycles. The van der Waals surface area contributed by atoms with E-state index < -0.39 is 0 Å². The lowest BCUT2D eigenvalue weighted by molar-refractivity contribution is -0.0244. The molecule has 0 bridgehead atoms. The van der Waals surface area contributed by atoms with Crippen molar-refractivity contribution < 1.29 is 5.11 Å². The summed E-state index contributed by atoms with van der Waals surface area (Å²) in [6.07, 6.45) is 4.23. The van der Waals surface area contributed by atoms with Crippen molar-refractivity contribution in [2.75, 3.05) is 19.6 Å². The van der Waals surface area contributed by atoms with Gasteiger partial charge in [0.1, 0.15) is 0 Å². The van der Waals surface area contributed by atoms with E-state index in [1.165, 1.54) is 12.8 Å². The number of hydrogen-bond donors (Lipinski definition) is 2. The third-order valence-electron chi connectivity index (χ3n) is 4.10. The summed E-state index contributed by atoms with van der Waals surface area (Å²) in [5.74, 6) is 0.708. The topological polar surface area (TPSA) is 44.0 Å². The molecule has 2 aliphatic heterocycles. The van der Waals surface area contributed by atoms with Gasteiger partial charge in [0, 0.05) is 12.0 Å². The highest BCUT2D eigenvalue weighted by Crippen LogP contribution is 2.27. The van der Waals surface area contributed by atoms with Crippen LogP contribution in [0.15, 0.2) is 0 Å². The molecule has 3 nitrogen and oxygen atoms in total. The molecule has 87 valence electrons. The van der Waals surface area contributed by atoms with Gasteiger partial charge >= 0.3 is 0 Å². The molecule has 0 aromatic carbocycles. The van der Waals surface area contributed by atoms with Crippen LogP contribution in [0.5, 0.6) is 0 Å². The summed E-state index contributed by atoms with van der Waals surface area (Å²) in [7, 11) is 0. The largest absolute Gasteiger partial charge is 0.317 e. The molecule has 0 spiro atoms. The Morgan fingerprint density at radius 3 is 2.47 bits per heavy atom. The van der Waals surface area contributed by atoms with Crippen LogP contribution in [0.4, 0.5) is 0 Å². The van der Waals surface area contributed by atoms with Gasteiger partial charge in [0.05, 0.1) is 6.10 Å². The second kappa shape index (κ2) is 5.28. The molecule has 3 heteroatoms. The van der Waals surface area contributed by atoms with Crippen molar-refractivity contribution in [3.8, 4) is 0 Å². The normalized spacial score (nSPS) is 32.8. The van der Waals surface area contributed by atoms with Crippen molar-refractivity contribution in [2.45, 2.75) is 44.8 Å². The van der Waals surface area contributed by atoms with Crippen LogP contribution in [0.25, 0.3) is 0 Å². The highest BCUT2D eigenvalue weighted by molar-refractivity contribution is 4.87. The van der Waals surface area contributed by atoms with Gasteiger partial charge in [0.2, 0.25) is 0 Å². The van der Waals surface area contributed by atoms with Crippen molar-refractivity contribution in [3.63, 3.8) is 0 Å². The molecule has 0 aromatic rings. The van der Waals surface area contributed by atoms with Crippen LogP contribution < -0.4 is 10.6 Å². The Bertz CT molecular complexity index is 186. The van der Waals surface area contributed by atoms with Crippen LogP contribution in [0, 0.1) is 11.8 Å². The van der Waals surface area contributed by atoms with Crippen LogP contribution in [-0.4, -0.2) is 31.8 Å². The van der Waals surface area contributed by atoms with Gasteiger partial charge < -0.3 is 10.6 Å². The monoisotopic (exact) mass is 211 g/mol. The maximum absolute atomic E-state index is 12.3. The van der Waals surface area contributed by atoms with E-state index in [1.807, 2.05) is 0 Å². The summed E-state index contributed by atoms with van der Waals surface area (Å²) in [5, 5.41) is 19.1. The van der Waals surface area contributed by atoms with Gasteiger partial charge in [-0.1, -0.05) is 6.92 Å². The summed E-state index contributed by atoms with van der Waals surface area (Å²) >= 11 is 0. The highest BCUT2D eigenvalue weighted by Gasteiger charge is 2.33.